The minimum Gasteiger partial charge on any atom is -0.398 e. The van der Waals surface area contributed by atoms with Gasteiger partial charge in [0, 0.05) is 36.2 Å². The van der Waals surface area contributed by atoms with Gasteiger partial charge >= 0.3 is 0 Å². The third kappa shape index (κ3) is 5.07. The summed E-state index contributed by atoms with van der Waals surface area (Å²) in [6.45, 7) is 6.95. The van der Waals surface area contributed by atoms with Crippen molar-refractivity contribution in [3.05, 3.63) is 28.2 Å². The van der Waals surface area contributed by atoms with E-state index in [9.17, 15) is 0 Å². The molecule has 2 N–H and O–H groups in total. The third-order valence-electron chi connectivity index (χ3n) is 2.67. The predicted molar refractivity (Wildman–Crippen MR) is 78.9 cm³/mol. The predicted octanol–water partition coefficient (Wildman–Crippen LogP) is 3.40. The fraction of sp³-hybridized carbons (Fsp3) is 0.500. The van der Waals surface area contributed by atoms with Crippen molar-refractivity contribution in [3.63, 3.8) is 0 Å². The first kappa shape index (κ1) is 15.0. The highest BCUT2D eigenvalue weighted by Crippen LogP contribution is 2.20. The van der Waals surface area contributed by atoms with Crippen LogP contribution in [0.1, 0.15) is 25.8 Å². The Kier molecular flexibility index (Phi) is 6.17. The van der Waals surface area contributed by atoms with Crippen LogP contribution < -0.4 is 5.73 Å². The molecular weight excluding hydrogens is 290 g/mol. The number of nitrogens with zero attached hydrogens (tertiary/aromatic N) is 2. The van der Waals surface area contributed by atoms with Crippen LogP contribution in [-0.4, -0.2) is 18.0 Å². The SMILES string of the molecule is CC(C)CN(CCC#N)Cc1ccc(Br)cc1N. The minimum atomic E-state index is 0.559. The van der Waals surface area contributed by atoms with Crippen LogP contribution in [0, 0.1) is 17.2 Å². The zero-order valence-corrected chi connectivity index (χ0v) is 12.6. The number of rotatable bonds is 6. The van der Waals surface area contributed by atoms with Crippen LogP contribution in [0.5, 0.6) is 0 Å². The zero-order chi connectivity index (χ0) is 13.5. The summed E-state index contributed by atoms with van der Waals surface area (Å²) in [4.78, 5) is 2.29. The smallest absolute Gasteiger partial charge is 0.0635 e. The summed E-state index contributed by atoms with van der Waals surface area (Å²) in [7, 11) is 0. The van der Waals surface area contributed by atoms with E-state index in [2.05, 4.69) is 40.7 Å². The number of hydrogen-bond acceptors (Lipinski definition) is 3. The Morgan fingerprint density at radius 1 is 1.44 bits per heavy atom. The summed E-state index contributed by atoms with van der Waals surface area (Å²) < 4.78 is 0.996. The third-order valence-corrected chi connectivity index (χ3v) is 3.16. The highest BCUT2D eigenvalue weighted by molar-refractivity contribution is 9.10. The van der Waals surface area contributed by atoms with Gasteiger partial charge in [-0.3, -0.25) is 4.90 Å². The fourth-order valence-corrected chi connectivity index (χ4v) is 2.29. The van der Waals surface area contributed by atoms with E-state index >= 15 is 0 Å². The van der Waals surface area contributed by atoms with Crippen molar-refractivity contribution in [1.29, 1.82) is 5.26 Å². The van der Waals surface area contributed by atoms with Gasteiger partial charge in [0.05, 0.1) is 6.07 Å². The van der Waals surface area contributed by atoms with Gasteiger partial charge in [0.1, 0.15) is 0 Å². The van der Waals surface area contributed by atoms with E-state index in [1.807, 2.05) is 18.2 Å². The molecule has 0 aromatic heterocycles. The minimum absolute atomic E-state index is 0.559. The first-order valence-corrected chi connectivity index (χ1v) is 6.95. The van der Waals surface area contributed by atoms with Gasteiger partial charge < -0.3 is 5.73 Å². The second kappa shape index (κ2) is 7.40. The van der Waals surface area contributed by atoms with Crippen molar-refractivity contribution in [2.75, 3.05) is 18.8 Å². The van der Waals surface area contributed by atoms with Crippen LogP contribution in [0.2, 0.25) is 0 Å². The van der Waals surface area contributed by atoms with Crippen LogP contribution in [0.25, 0.3) is 0 Å². The van der Waals surface area contributed by atoms with Crippen molar-refractivity contribution in [2.24, 2.45) is 5.92 Å². The van der Waals surface area contributed by atoms with Crippen LogP contribution in [0.4, 0.5) is 5.69 Å². The highest BCUT2D eigenvalue weighted by Gasteiger charge is 2.10. The Morgan fingerprint density at radius 2 is 2.17 bits per heavy atom. The molecule has 0 bridgehead atoms. The van der Waals surface area contributed by atoms with Crippen LogP contribution >= 0.6 is 15.9 Å². The van der Waals surface area contributed by atoms with E-state index in [-0.39, 0.29) is 0 Å². The zero-order valence-electron chi connectivity index (χ0n) is 11.0. The summed E-state index contributed by atoms with van der Waals surface area (Å²) in [6, 6.07) is 8.17. The van der Waals surface area contributed by atoms with Gasteiger partial charge in [0.2, 0.25) is 0 Å². The van der Waals surface area contributed by atoms with Crippen molar-refractivity contribution in [1.82, 2.24) is 4.90 Å². The molecule has 1 aromatic rings. The molecule has 0 fully saturated rings. The van der Waals surface area contributed by atoms with Gasteiger partial charge in [-0.25, -0.2) is 0 Å². The molecule has 0 atom stereocenters. The van der Waals surface area contributed by atoms with E-state index in [1.165, 1.54) is 0 Å². The normalized spacial score (nSPS) is 10.9. The van der Waals surface area contributed by atoms with Crippen molar-refractivity contribution >= 4 is 21.6 Å². The first-order chi connectivity index (χ1) is 8.52. The van der Waals surface area contributed by atoms with Gasteiger partial charge in [-0.05, 0) is 23.6 Å². The average molecular weight is 310 g/mol. The number of nitrogens with two attached hydrogens (primary N) is 1. The maximum atomic E-state index is 8.70. The molecule has 0 aliphatic heterocycles. The topological polar surface area (TPSA) is 53.0 Å². The number of hydrogen-bond donors (Lipinski definition) is 1. The maximum Gasteiger partial charge on any atom is 0.0635 e. The highest BCUT2D eigenvalue weighted by atomic mass is 79.9. The summed E-state index contributed by atoms with van der Waals surface area (Å²) in [5.74, 6) is 0.584. The molecule has 4 heteroatoms. The van der Waals surface area contributed by atoms with Crippen LogP contribution in [-0.2, 0) is 6.54 Å². The Bertz CT molecular complexity index is 424. The van der Waals surface area contributed by atoms with E-state index in [1.54, 1.807) is 0 Å². The van der Waals surface area contributed by atoms with Gasteiger partial charge in [0.25, 0.3) is 0 Å². The van der Waals surface area contributed by atoms with Gasteiger partial charge in [-0.15, -0.1) is 0 Å². The maximum absolute atomic E-state index is 8.70. The second-order valence-corrected chi connectivity index (χ2v) is 5.80. The quantitative estimate of drug-likeness (QED) is 0.819. The Hall–Kier alpha value is -1.05. The lowest BCUT2D eigenvalue weighted by atomic mass is 10.1. The van der Waals surface area contributed by atoms with Gasteiger partial charge in [0.15, 0.2) is 0 Å². The summed E-state index contributed by atoms with van der Waals surface area (Å²) in [5, 5.41) is 8.70. The number of benzene rings is 1. The van der Waals surface area contributed by atoms with Crippen molar-refractivity contribution in [2.45, 2.75) is 26.8 Å². The van der Waals surface area contributed by atoms with Crippen LogP contribution in [0.15, 0.2) is 22.7 Å². The monoisotopic (exact) mass is 309 g/mol. The lowest BCUT2D eigenvalue weighted by molar-refractivity contribution is 0.241. The van der Waals surface area contributed by atoms with Gasteiger partial charge in [-0.2, -0.15) is 5.26 Å². The van der Waals surface area contributed by atoms with Crippen molar-refractivity contribution < 1.29 is 0 Å². The molecule has 0 saturated heterocycles. The van der Waals surface area contributed by atoms with E-state index in [0.717, 1.165) is 35.4 Å². The summed E-state index contributed by atoms with van der Waals surface area (Å²) in [6.07, 6.45) is 0.559. The van der Waals surface area contributed by atoms with E-state index < -0.39 is 0 Å². The summed E-state index contributed by atoms with van der Waals surface area (Å²) >= 11 is 3.41. The number of halogens is 1. The van der Waals surface area contributed by atoms with E-state index in [4.69, 9.17) is 11.0 Å². The molecule has 3 nitrogen and oxygen atoms in total. The standard InChI is InChI=1S/C14H20BrN3/c1-11(2)9-18(7-3-6-16)10-12-4-5-13(15)8-14(12)17/h4-5,8,11H,3,7,9-10,17H2,1-2H3. The molecule has 0 aliphatic carbocycles. The Labute approximate surface area is 118 Å². The molecule has 0 amide bonds. The number of nitrogen functional groups attached to an aromatic ring is 1. The fourth-order valence-electron chi connectivity index (χ4n) is 1.91. The Balaban J connectivity index is 2.72. The first-order valence-electron chi connectivity index (χ1n) is 6.16. The molecule has 98 valence electrons. The lowest BCUT2D eigenvalue weighted by Gasteiger charge is -2.24. The molecule has 0 saturated carbocycles. The average Bonchev–Trinajstić information content (AvgIpc) is 2.29. The lowest BCUT2D eigenvalue weighted by Crippen LogP contribution is -2.28. The molecule has 1 aromatic carbocycles. The van der Waals surface area contributed by atoms with Crippen molar-refractivity contribution in [3.8, 4) is 6.07 Å². The molecule has 0 spiro atoms. The molecule has 18 heavy (non-hydrogen) atoms. The molecule has 0 unspecified atom stereocenters. The molecule has 0 aliphatic rings. The number of nitriles is 1. The Morgan fingerprint density at radius 3 is 2.72 bits per heavy atom. The summed E-state index contributed by atoms with van der Waals surface area (Å²) in [5.41, 5.74) is 7.93. The van der Waals surface area contributed by atoms with E-state index in [0.29, 0.717) is 12.3 Å². The molecule has 0 heterocycles. The number of anilines is 1. The van der Waals surface area contributed by atoms with Gasteiger partial charge in [-0.1, -0.05) is 35.8 Å². The molecule has 0 radical (unpaired) electrons. The largest absolute Gasteiger partial charge is 0.398 e. The molecular formula is C14H20BrN3. The molecule has 1 rings (SSSR count). The second-order valence-electron chi connectivity index (χ2n) is 4.88. The van der Waals surface area contributed by atoms with Crippen LogP contribution in [0.3, 0.4) is 0 Å².